The number of carboxylic acids is 1. The molecule has 1 aromatic rings. The Morgan fingerprint density at radius 1 is 0.930 bits per heavy atom. The molecule has 6 aliphatic rings. The van der Waals surface area contributed by atoms with Gasteiger partial charge in [-0.15, -0.1) is 0 Å². The van der Waals surface area contributed by atoms with Gasteiger partial charge in [-0.25, -0.2) is 0 Å². The van der Waals surface area contributed by atoms with E-state index in [1.165, 1.54) is 69.2 Å². The summed E-state index contributed by atoms with van der Waals surface area (Å²) in [6.45, 7) is 11.5. The molecule has 7 rings (SSSR count). The van der Waals surface area contributed by atoms with Crippen LogP contribution in [0.3, 0.4) is 0 Å². The highest BCUT2D eigenvalue weighted by Crippen LogP contribution is 2.68. The van der Waals surface area contributed by atoms with Gasteiger partial charge >= 0.3 is 5.97 Å². The molecule has 0 spiro atoms. The van der Waals surface area contributed by atoms with E-state index in [2.05, 4.69) is 60.6 Å². The van der Waals surface area contributed by atoms with Crippen LogP contribution in [0, 0.1) is 47.8 Å². The van der Waals surface area contributed by atoms with Gasteiger partial charge in [0.15, 0.2) is 0 Å². The van der Waals surface area contributed by atoms with Crippen LogP contribution in [0.4, 0.5) is 0 Å². The summed E-state index contributed by atoms with van der Waals surface area (Å²) in [6, 6.07) is 10.1. The SMILES string of the molecule is Cc1ccc(COC2CCC3C(CCC4C(C5CCN(CCOC6CC7C(C(=O)O)C7(C)C6)CC5)NC(C)NC34)C2)cc1. The number of carboxylic acid groups (broad SMARTS) is 1. The Morgan fingerprint density at radius 2 is 1.67 bits per heavy atom. The summed E-state index contributed by atoms with van der Waals surface area (Å²) in [5, 5.41) is 17.5. The van der Waals surface area contributed by atoms with Gasteiger partial charge in [0.2, 0.25) is 0 Å². The molecule has 3 N–H and O–H groups in total. The summed E-state index contributed by atoms with van der Waals surface area (Å²) in [7, 11) is 0. The van der Waals surface area contributed by atoms with E-state index >= 15 is 0 Å². The van der Waals surface area contributed by atoms with Gasteiger partial charge in [-0.1, -0.05) is 36.8 Å². The van der Waals surface area contributed by atoms with Crippen LogP contribution in [0.2, 0.25) is 0 Å². The smallest absolute Gasteiger partial charge is 0.307 e. The topological polar surface area (TPSA) is 83.1 Å². The van der Waals surface area contributed by atoms with Gasteiger partial charge in [-0.2, -0.15) is 0 Å². The largest absolute Gasteiger partial charge is 0.481 e. The highest BCUT2D eigenvalue weighted by molar-refractivity contribution is 5.76. The Morgan fingerprint density at radius 3 is 2.40 bits per heavy atom. The fourth-order valence-electron chi connectivity index (χ4n) is 10.6. The summed E-state index contributed by atoms with van der Waals surface area (Å²) >= 11 is 0. The minimum absolute atomic E-state index is 0.0143. The maximum Gasteiger partial charge on any atom is 0.307 e. The molecule has 2 aliphatic heterocycles. The molecular weight excluding hydrogens is 538 g/mol. The predicted octanol–water partition coefficient (Wildman–Crippen LogP) is 5.21. The predicted molar refractivity (Wildman–Crippen MR) is 167 cm³/mol. The number of fused-ring (bicyclic) bond motifs is 4. The fourth-order valence-corrected chi connectivity index (χ4v) is 10.6. The van der Waals surface area contributed by atoms with E-state index in [1.54, 1.807) is 0 Å². The number of hydrogen-bond donors (Lipinski definition) is 3. The first-order chi connectivity index (χ1) is 20.8. The van der Waals surface area contributed by atoms with E-state index in [4.69, 9.17) is 9.47 Å². The zero-order chi connectivity index (χ0) is 29.7. The fraction of sp³-hybridized carbons (Fsp3) is 0.806. The van der Waals surface area contributed by atoms with E-state index in [-0.39, 0.29) is 17.4 Å². The average molecular weight is 594 g/mol. The molecule has 4 saturated carbocycles. The van der Waals surface area contributed by atoms with Crippen LogP contribution in [0.25, 0.3) is 0 Å². The molecular formula is C36H55N3O4. The first kappa shape index (κ1) is 30.2. The average Bonchev–Trinajstić information content (AvgIpc) is 3.43. The van der Waals surface area contributed by atoms with Crippen molar-refractivity contribution >= 4 is 5.97 Å². The molecule has 11 atom stereocenters. The molecule has 2 saturated heterocycles. The van der Waals surface area contributed by atoms with Crippen LogP contribution in [0.5, 0.6) is 0 Å². The van der Waals surface area contributed by atoms with Crippen LogP contribution < -0.4 is 10.6 Å². The van der Waals surface area contributed by atoms with Gasteiger partial charge in [0.05, 0.1) is 37.5 Å². The number of hydrogen-bond acceptors (Lipinski definition) is 6. The Kier molecular flexibility index (Phi) is 8.67. The third-order valence-corrected chi connectivity index (χ3v) is 12.9. The molecule has 4 aliphatic carbocycles. The lowest BCUT2D eigenvalue weighted by Crippen LogP contribution is -2.68. The number of aryl methyl sites for hydroxylation is 1. The van der Waals surface area contributed by atoms with Gasteiger partial charge in [0, 0.05) is 18.6 Å². The normalized spacial score (nSPS) is 43.0. The lowest BCUT2D eigenvalue weighted by Gasteiger charge is -2.55. The Hall–Kier alpha value is -1.51. The van der Waals surface area contributed by atoms with Crippen LogP contribution in [0.1, 0.15) is 82.8 Å². The summed E-state index contributed by atoms with van der Waals surface area (Å²) in [4.78, 5) is 14.0. The third kappa shape index (κ3) is 6.18. The number of ether oxygens (including phenoxy) is 2. The quantitative estimate of drug-likeness (QED) is 0.363. The van der Waals surface area contributed by atoms with Gasteiger partial charge in [-0.05, 0) is 125 Å². The van der Waals surface area contributed by atoms with Crippen molar-refractivity contribution in [1.29, 1.82) is 0 Å². The van der Waals surface area contributed by atoms with E-state index in [0.29, 0.717) is 30.3 Å². The van der Waals surface area contributed by atoms with Crippen molar-refractivity contribution in [2.75, 3.05) is 26.2 Å². The zero-order valence-corrected chi connectivity index (χ0v) is 26.7. The minimum Gasteiger partial charge on any atom is -0.481 e. The van der Waals surface area contributed by atoms with Crippen molar-refractivity contribution in [2.24, 2.45) is 40.9 Å². The summed E-state index contributed by atoms with van der Waals surface area (Å²) in [6.07, 6.45) is 11.9. The van der Waals surface area contributed by atoms with Gasteiger partial charge < -0.3 is 19.5 Å². The molecule has 0 bridgehead atoms. The van der Waals surface area contributed by atoms with Crippen molar-refractivity contribution in [3.8, 4) is 0 Å². The summed E-state index contributed by atoms with van der Waals surface area (Å²) in [5.74, 6) is 2.67. The molecule has 1 aromatic carbocycles. The second-order valence-corrected chi connectivity index (χ2v) is 15.5. The monoisotopic (exact) mass is 593 g/mol. The molecule has 0 radical (unpaired) electrons. The van der Waals surface area contributed by atoms with E-state index < -0.39 is 5.97 Å². The van der Waals surface area contributed by atoms with Crippen molar-refractivity contribution in [2.45, 2.75) is 116 Å². The molecule has 6 fully saturated rings. The Balaban J connectivity index is 0.856. The highest BCUT2D eigenvalue weighted by Gasteiger charge is 2.69. The molecule has 11 unspecified atom stereocenters. The second-order valence-electron chi connectivity index (χ2n) is 15.5. The lowest BCUT2D eigenvalue weighted by molar-refractivity contribution is -0.140. The first-order valence-electron chi connectivity index (χ1n) is 17.5. The molecule has 0 aromatic heterocycles. The van der Waals surface area contributed by atoms with Crippen LogP contribution >= 0.6 is 0 Å². The number of piperidine rings is 1. The number of carbonyl (C=O) groups is 1. The molecule has 7 nitrogen and oxygen atoms in total. The highest BCUT2D eigenvalue weighted by atomic mass is 16.5. The van der Waals surface area contributed by atoms with E-state index in [0.717, 1.165) is 56.3 Å². The minimum atomic E-state index is -0.614. The van der Waals surface area contributed by atoms with Gasteiger partial charge in [-0.3, -0.25) is 15.4 Å². The molecule has 0 amide bonds. The number of rotatable bonds is 9. The molecule has 238 valence electrons. The lowest BCUT2D eigenvalue weighted by atomic mass is 9.60. The Bertz CT molecular complexity index is 1120. The van der Waals surface area contributed by atoms with Crippen molar-refractivity contribution in [3.05, 3.63) is 35.4 Å². The molecule has 7 heteroatoms. The van der Waals surface area contributed by atoms with Crippen molar-refractivity contribution in [1.82, 2.24) is 15.5 Å². The first-order valence-corrected chi connectivity index (χ1v) is 17.5. The van der Waals surface area contributed by atoms with Crippen molar-refractivity contribution < 1.29 is 19.4 Å². The summed E-state index contributed by atoms with van der Waals surface area (Å²) in [5.41, 5.74) is 2.59. The number of nitrogens with zero attached hydrogens (tertiary/aromatic N) is 1. The summed E-state index contributed by atoms with van der Waals surface area (Å²) < 4.78 is 12.7. The maximum atomic E-state index is 11.4. The molecule has 2 heterocycles. The van der Waals surface area contributed by atoms with Gasteiger partial charge in [0.25, 0.3) is 0 Å². The molecule has 43 heavy (non-hydrogen) atoms. The number of likely N-dealkylation sites (tertiary alicyclic amines) is 1. The number of benzene rings is 1. The standard InChI is InChI=1S/C36H55N3O4/c1-22-4-6-24(7-5-22)21-43-27-9-11-29-26(18-27)8-10-30-33(37-23(2)38-34(29)30)25-12-14-39(15-13-25)16-17-42-28-19-31-32(35(40)41)36(31,3)20-28/h4-7,23,25-34,37-38H,8-21H2,1-3H3,(H,40,41). The van der Waals surface area contributed by atoms with Crippen LogP contribution in [-0.2, 0) is 20.9 Å². The number of aliphatic carboxylic acids is 1. The van der Waals surface area contributed by atoms with E-state index in [9.17, 15) is 9.90 Å². The third-order valence-electron chi connectivity index (χ3n) is 12.9. The second kappa shape index (κ2) is 12.4. The maximum absolute atomic E-state index is 11.4. The van der Waals surface area contributed by atoms with Gasteiger partial charge in [0.1, 0.15) is 0 Å². The van der Waals surface area contributed by atoms with Crippen molar-refractivity contribution in [3.63, 3.8) is 0 Å². The van der Waals surface area contributed by atoms with Crippen LogP contribution in [0.15, 0.2) is 24.3 Å². The zero-order valence-electron chi connectivity index (χ0n) is 26.7. The van der Waals surface area contributed by atoms with E-state index in [1.807, 2.05) is 0 Å². The van der Waals surface area contributed by atoms with Crippen LogP contribution in [-0.4, -0.2) is 72.7 Å². The number of nitrogens with one attached hydrogen (secondary N) is 2. The Labute approximate surface area is 258 Å².